The standard InChI is InChI=1S/C22H13B5ClF2N3O4/c23-11-7-10-14(17(25)33(19(10)36)12-5-6-13(34)31-18(12)35)16(24)15(11)22(26,27)32-20(37)21(29,30)8-1-3-9(28)4-2-8/h1-4,7,12,17H,5-6H2,(H,32,37)(H,31,34,35). The number of imide groups is 1. The number of benzene rings is 2. The van der Waals surface area contributed by atoms with Gasteiger partial charge in [-0.2, -0.15) is 8.78 Å². The first-order chi connectivity index (χ1) is 17.2. The molecule has 7 nitrogen and oxygen atoms in total. The molecule has 0 spiro atoms. The van der Waals surface area contributed by atoms with Gasteiger partial charge in [-0.3, -0.25) is 24.5 Å². The van der Waals surface area contributed by atoms with E-state index in [1.54, 1.807) is 0 Å². The highest BCUT2D eigenvalue weighted by Crippen LogP contribution is 2.35. The number of amides is 4. The summed E-state index contributed by atoms with van der Waals surface area (Å²) in [7, 11) is 30.6. The summed E-state index contributed by atoms with van der Waals surface area (Å²) in [5.74, 6) is -9.11. The van der Waals surface area contributed by atoms with Gasteiger partial charge in [-0.25, -0.2) is 0 Å². The summed E-state index contributed by atoms with van der Waals surface area (Å²) < 4.78 is 29.6. The first kappa shape index (κ1) is 27.0. The average molecular weight is 511 g/mol. The zero-order valence-corrected chi connectivity index (χ0v) is 19.8. The second-order valence-electron chi connectivity index (χ2n) is 8.74. The van der Waals surface area contributed by atoms with Crippen LogP contribution in [-0.4, -0.2) is 73.8 Å². The van der Waals surface area contributed by atoms with Gasteiger partial charge in [0.25, 0.3) is 11.8 Å². The predicted octanol–water partition coefficient (Wildman–Crippen LogP) is -1.29. The van der Waals surface area contributed by atoms with Crippen LogP contribution in [0.25, 0.3) is 0 Å². The molecule has 0 aliphatic carbocycles. The van der Waals surface area contributed by atoms with Crippen LogP contribution in [0.15, 0.2) is 30.3 Å². The average Bonchev–Trinajstić information content (AvgIpc) is 3.03. The second-order valence-corrected chi connectivity index (χ2v) is 9.18. The molecule has 2 unspecified atom stereocenters. The lowest BCUT2D eigenvalue weighted by molar-refractivity contribution is -0.147. The van der Waals surface area contributed by atoms with Gasteiger partial charge in [-0.15, -0.1) is 0 Å². The van der Waals surface area contributed by atoms with Crippen molar-refractivity contribution in [2.45, 2.75) is 36.1 Å². The lowest BCUT2D eigenvalue weighted by atomic mass is 9.52. The Hall–Kier alpha value is -3.01. The van der Waals surface area contributed by atoms with Gasteiger partial charge < -0.3 is 10.2 Å². The van der Waals surface area contributed by atoms with Crippen molar-refractivity contribution in [3.63, 3.8) is 0 Å². The number of carbonyl (C=O) groups is 4. The van der Waals surface area contributed by atoms with Crippen LogP contribution in [0.2, 0.25) is 5.02 Å². The molecular weight excluding hydrogens is 498 g/mol. The van der Waals surface area contributed by atoms with E-state index in [0.717, 1.165) is 23.1 Å². The van der Waals surface area contributed by atoms with Crippen molar-refractivity contribution in [2.24, 2.45) is 0 Å². The van der Waals surface area contributed by atoms with Crippen LogP contribution >= 0.6 is 11.6 Å². The molecule has 2 aliphatic rings. The lowest BCUT2D eigenvalue weighted by Crippen LogP contribution is -2.56. The molecule has 0 saturated carbocycles. The minimum atomic E-state index is -4.07. The van der Waals surface area contributed by atoms with E-state index in [4.69, 9.17) is 50.8 Å². The van der Waals surface area contributed by atoms with E-state index in [-0.39, 0.29) is 45.5 Å². The van der Waals surface area contributed by atoms with Crippen molar-refractivity contribution in [2.75, 3.05) is 0 Å². The number of alkyl halides is 2. The van der Waals surface area contributed by atoms with Crippen molar-refractivity contribution < 1.29 is 28.0 Å². The molecule has 2 aliphatic heterocycles. The SMILES string of the molecule is [B]c1cc2c(c([B])c1C([B])([B])NC(=O)C(F)(F)c1ccc(Cl)cc1)C([B])N(C1CCC(=O)NC1=O)C2=O. The highest BCUT2D eigenvalue weighted by Gasteiger charge is 2.46. The van der Waals surface area contributed by atoms with E-state index in [1.807, 2.05) is 5.32 Å². The molecule has 2 atom stereocenters. The summed E-state index contributed by atoms with van der Waals surface area (Å²) in [5.41, 5.74) is -1.73. The third-order valence-corrected chi connectivity index (χ3v) is 6.52. The number of fused-ring (bicyclic) bond motifs is 1. The molecule has 15 heteroatoms. The van der Waals surface area contributed by atoms with E-state index < -0.39 is 52.4 Å². The highest BCUT2D eigenvalue weighted by molar-refractivity contribution is 6.49. The van der Waals surface area contributed by atoms with Crippen molar-refractivity contribution in [1.29, 1.82) is 0 Å². The summed E-state index contributed by atoms with van der Waals surface area (Å²) in [6.45, 7) is 0. The predicted molar refractivity (Wildman–Crippen MR) is 135 cm³/mol. The Kier molecular flexibility index (Phi) is 6.86. The topological polar surface area (TPSA) is 95.6 Å². The number of rotatable bonds is 5. The van der Waals surface area contributed by atoms with Crippen molar-refractivity contribution >= 4 is 85.4 Å². The molecule has 176 valence electrons. The number of nitrogens with zero attached hydrogens (tertiary/aromatic N) is 1. The summed E-state index contributed by atoms with van der Waals surface area (Å²) in [6, 6.07) is 4.34. The van der Waals surface area contributed by atoms with Gasteiger partial charge in [0.2, 0.25) is 11.8 Å². The van der Waals surface area contributed by atoms with Crippen LogP contribution in [0.4, 0.5) is 8.78 Å². The molecule has 4 rings (SSSR count). The van der Waals surface area contributed by atoms with Gasteiger partial charge in [0.05, 0.1) is 15.7 Å². The first-order valence-corrected chi connectivity index (χ1v) is 11.2. The van der Waals surface area contributed by atoms with Gasteiger partial charge in [0.1, 0.15) is 29.6 Å². The van der Waals surface area contributed by atoms with Crippen LogP contribution in [0.5, 0.6) is 0 Å². The van der Waals surface area contributed by atoms with Crippen molar-refractivity contribution in [3.8, 4) is 0 Å². The van der Waals surface area contributed by atoms with Crippen LogP contribution in [0.1, 0.15) is 45.8 Å². The number of hydrogen-bond donors (Lipinski definition) is 2. The van der Waals surface area contributed by atoms with Gasteiger partial charge >= 0.3 is 5.92 Å². The summed E-state index contributed by atoms with van der Waals surface area (Å²) in [6.07, 6.45) is 0.00257. The maximum atomic E-state index is 14.8. The molecule has 1 saturated heterocycles. The molecule has 10 radical (unpaired) electrons. The van der Waals surface area contributed by atoms with Gasteiger partial charge in [-0.05, 0) is 29.5 Å². The fraction of sp³-hybridized carbons (Fsp3) is 0.273. The second kappa shape index (κ2) is 9.38. The van der Waals surface area contributed by atoms with Gasteiger partial charge in [0.15, 0.2) is 0 Å². The maximum Gasteiger partial charge on any atom is 0.349 e. The van der Waals surface area contributed by atoms with Crippen LogP contribution in [-0.2, 0) is 25.6 Å². The Morgan fingerprint density at radius 3 is 2.35 bits per heavy atom. The molecule has 4 amide bonds. The minimum absolute atomic E-state index is 0.0158. The van der Waals surface area contributed by atoms with E-state index >= 15 is 0 Å². The first-order valence-electron chi connectivity index (χ1n) is 10.8. The molecule has 2 aromatic rings. The van der Waals surface area contributed by atoms with E-state index in [0.29, 0.717) is 0 Å². The Labute approximate surface area is 222 Å². The molecule has 2 heterocycles. The number of halogens is 3. The van der Waals surface area contributed by atoms with Crippen molar-refractivity contribution in [3.05, 3.63) is 57.6 Å². The van der Waals surface area contributed by atoms with E-state index in [1.165, 1.54) is 12.1 Å². The molecular formula is C22H13B5ClF2N3O4. The van der Waals surface area contributed by atoms with Crippen LogP contribution in [0, 0.1) is 0 Å². The summed E-state index contributed by atoms with van der Waals surface area (Å²) >= 11 is 5.72. The molecule has 37 heavy (non-hydrogen) atoms. The minimum Gasteiger partial charge on any atom is -0.358 e. The fourth-order valence-corrected chi connectivity index (χ4v) is 4.63. The van der Waals surface area contributed by atoms with Crippen molar-refractivity contribution in [1.82, 2.24) is 15.5 Å². The smallest absolute Gasteiger partial charge is 0.349 e. The van der Waals surface area contributed by atoms with E-state index in [9.17, 15) is 28.0 Å². The zero-order valence-electron chi connectivity index (χ0n) is 19.1. The normalized spacial score (nSPS) is 20.0. The summed E-state index contributed by atoms with van der Waals surface area (Å²) in [4.78, 5) is 50.6. The number of piperidine rings is 1. The third kappa shape index (κ3) is 4.60. The summed E-state index contributed by atoms with van der Waals surface area (Å²) in [5, 5.41) is 1.64. The van der Waals surface area contributed by atoms with Crippen LogP contribution < -0.4 is 21.6 Å². The number of carbonyl (C=O) groups excluding carboxylic acids is 4. The molecule has 2 N–H and O–H groups in total. The number of hydrogen-bond acceptors (Lipinski definition) is 4. The highest BCUT2D eigenvalue weighted by atomic mass is 35.5. The fourth-order valence-electron chi connectivity index (χ4n) is 4.50. The Morgan fingerprint density at radius 1 is 1.14 bits per heavy atom. The van der Waals surface area contributed by atoms with Gasteiger partial charge in [0, 0.05) is 28.5 Å². The lowest BCUT2D eigenvalue weighted by Gasteiger charge is -2.36. The van der Waals surface area contributed by atoms with Gasteiger partial charge in [-0.1, -0.05) is 46.3 Å². The number of nitrogens with one attached hydrogen (secondary N) is 2. The third-order valence-electron chi connectivity index (χ3n) is 6.27. The molecule has 1 fully saturated rings. The van der Waals surface area contributed by atoms with Crippen LogP contribution in [0.3, 0.4) is 0 Å². The maximum absolute atomic E-state index is 14.8. The Balaban J connectivity index is 1.68. The molecule has 2 aromatic carbocycles. The largest absolute Gasteiger partial charge is 0.358 e. The molecule has 0 bridgehead atoms. The Bertz CT molecular complexity index is 1340. The zero-order chi connectivity index (χ0) is 27.4. The monoisotopic (exact) mass is 511 g/mol. The molecule has 0 aromatic heterocycles. The Morgan fingerprint density at radius 2 is 1.76 bits per heavy atom. The quantitative estimate of drug-likeness (QED) is 0.387. The van der Waals surface area contributed by atoms with E-state index in [2.05, 4.69) is 5.32 Å².